The standard InChI is InChI=1S/C14H15NO2/c1-10(14(16)17)6-7-11-8-9-15-13-5-3-2-4-12(11)13/h2-5,8-10H,6-7H2,1H3,(H,16,17). The molecule has 3 nitrogen and oxygen atoms in total. The van der Waals surface area contributed by atoms with Gasteiger partial charge in [-0.3, -0.25) is 9.78 Å². The second-order valence-corrected chi connectivity index (χ2v) is 4.27. The number of rotatable bonds is 4. The fourth-order valence-electron chi connectivity index (χ4n) is 1.87. The summed E-state index contributed by atoms with van der Waals surface area (Å²) in [5.74, 6) is -1.04. The van der Waals surface area contributed by atoms with Gasteiger partial charge < -0.3 is 5.11 Å². The van der Waals surface area contributed by atoms with E-state index in [-0.39, 0.29) is 5.92 Å². The molecule has 17 heavy (non-hydrogen) atoms. The molecule has 0 radical (unpaired) electrons. The number of benzene rings is 1. The summed E-state index contributed by atoms with van der Waals surface area (Å²) in [6.07, 6.45) is 3.21. The van der Waals surface area contributed by atoms with Crippen LogP contribution in [0.3, 0.4) is 0 Å². The van der Waals surface area contributed by atoms with Gasteiger partial charge >= 0.3 is 5.97 Å². The second-order valence-electron chi connectivity index (χ2n) is 4.27. The number of carboxylic acid groups (broad SMARTS) is 1. The smallest absolute Gasteiger partial charge is 0.306 e. The summed E-state index contributed by atoms with van der Waals surface area (Å²) in [7, 11) is 0. The van der Waals surface area contributed by atoms with Gasteiger partial charge in [0.1, 0.15) is 0 Å². The first-order valence-corrected chi connectivity index (χ1v) is 5.74. The Hall–Kier alpha value is -1.90. The number of hydrogen-bond acceptors (Lipinski definition) is 2. The molecule has 0 saturated carbocycles. The highest BCUT2D eigenvalue weighted by atomic mass is 16.4. The molecule has 1 aromatic heterocycles. The number of pyridine rings is 1. The van der Waals surface area contributed by atoms with E-state index in [1.807, 2.05) is 30.3 Å². The van der Waals surface area contributed by atoms with E-state index in [0.29, 0.717) is 6.42 Å². The Morgan fingerprint density at radius 3 is 2.88 bits per heavy atom. The first-order chi connectivity index (χ1) is 8.18. The van der Waals surface area contributed by atoms with Crippen LogP contribution < -0.4 is 0 Å². The van der Waals surface area contributed by atoms with Crippen molar-refractivity contribution >= 4 is 16.9 Å². The highest BCUT2D eigenvalue weighted by molar-refractivity contribution is 5.81. The number of carboxylic acids is 1. The van der Waals surface area contributed by atoms with Crippen molar-refractivity contribution in [3.63, 3.8) is 0 Å². The summed E-state index contributed by atoms with van der Waals surface area (Å²) in [6.45, 7) is 1.74. The van der Waals surface area contributed by atoms with Crippen molar-refractivity contribution in [2.75, 3.05) is 0 Å². The van der Waals surface area contributed by atoms with E-state index in [2.05, 4.69) is 4.98 Å². The third-order valence-electron chi connectivity index (χ3n) is 3.01. The average molecular weight is 229 g/mol. The maximum atomic E-state index is 10.8. The van der Waals surface area contributed by atoms with Crippen LogP contribution in [0.4, 0.5) is 0 Å². The zero-order valence-corrected chi connectivity index (χ0v) is 9.76. The number of aliphatic carboxylic acids is 1. The maximum Gasteiger partial charge on any atom is 0.306 e. The van der Waals surface area contributed by atoms with Crippen molar-refractivity contribution in [2.45, 2.75) is 19.8 Å². The average Bonchev–Trinajstić information content (AvgIpc) is 2.35. The highest BCUT2D eigenvalue weighted by Crippen LogP contribution is 2.19. The molecule has 2 rings (SSSR count). The molecular weight excluding hydrogens is 214 g/mol. The molecule has 0 fully saturated rings. The summed E-state index contributed by atoms with van der Waals surface area (Å²) in [5, 5.41) is 9.98. The zero-order chi connectivity index (χ0) is 12.3. The van der Waals surface area contributed by atoms with Gasteiger partial charge in [0.15, 0.2) is 0 Å². The van der Waals surface area contributed by atoms with Gasteiger partial charge in [0.25, 0.3) is 0 Å². The largest absolute Gasteiger partial charge is 0.481 e. The van der Waals surface area contributed by atoms with Gasteiger partial charge in [-0.15, -0.1) is 0 Å². The van der Waals surface area contributed by atoms with Gasteiger partial charge in [0.05, 0.1) is 11.4 Å². The molecule has 88 valence electrons. The number of fused-ring (bicyclic) bond motifs is 1. The van der Waals surface area contributed by atoms with Gasteiger partial charge in [-0.25, -0.2) is 0 Å². The van der Waals surface area contributed by atoms with E-state index in [0.717, 1.165) is 17.3 Å². The lowest BCUT2D eigenvalue weighted by Gasteiger charge is -2.08. The molecule has 1 N–H and O–H groups in total. The minimum Gasteiger partial charge on any atom is -0.481 e. The molecule has 0 aliphatic heterocycles. The minimum atomic E-state index is -0.733. The molecule has 1 unspecified atom stereocenters. The van der Waals surface area contributed by atoms with Gasteiger partial charge in [-0.05, 0) is 30.5 Å². The Morgan fingerprint density at radius 2 is 2.12 bits per heavy atom. The number of nitrogens with zero attached hydrogens (tertiary/aromatic N) is 1. The maximum absolute atomic E-state index is 10.8. The summed E-state index contributed by atoms with van der Waals surface area (Å²) < 4.78 is 0. The topological polar surface area (TPSA) is 50.2 Å². The van der Waals surface area contributed by atoms with Gasteiger partial charge in [-0.1, -0.05) is 25.1 Å². The van der Waals surface area contributed by atoms with Crippen molar-refractivity contribution in [1.82, 2.24) is 4.98 Å². The monoisotopic (exact) mass is 229 g/mol. The lowest BCUT2D eigenvalue weighted by molar-refractivity contribution is -0.141. The summed E-state index contributed by atoms with van der Waals surface area (Å²) in [6, 6.07) is 9.91. The predicted octanol–water partition coefficient (Wildman–Crippen LogP) is 2.89. The molecule has 0 spiro atoms. The van der Waals surface area contributed by atoms with Crippen LogP contribution in [0.5, 0.6) is 0 Å². The molecule has 0 saturated heterocycles. The Labute approximate surface area is 100 Å². The summed E-state index contributed by atoms with van der Waals surface area (Å²) >= 11 is 0. The van der Waals surface area contributed by atoms with Gasteiger partial charge in [-0.2, -0.15) is 0 Å². The molecule has 2 aromatic rings. The number of carbonyl (C=O) groups is 1. The number of para-hydroxylation sites is 1. The van der Waals surface area contributed by atoms with E-state index >= 15 is 0 Å². The van der Waals surface area contributed by atoms with Crippen LogP contribution in [-0.4, -0.2) is 16.1 Å². The Kier molecular flexibility index (Phi) is 3.38. The molecule has 0 aliphatic rings. The van der Waals surface area contributed by atoms with E-state index in [1.165, 1.54) is 5.56 Å². The van der Waals surface area contributed by atoms with E-state index in [9.17, 15) is 4.79 Å². The molecular formula is C14H15NO2. The molecule has 0 aliphatic carbocycles. The van der Waals surface area contributed by atoms with Gasteiger partial charge in [0.2, 0.25) is 0 Å². The Morgan fingerprint density at radius 1 is 1.35 bits per heavy atom. The van der Waals surface area contributed by atoms with Crippen molar-refractivity contribution in [3.8, 4) is 0 Å². The number of aryl methyl sites for hydroxylation is 1. The minimum absolute atomic E-state index is 0.304. The molecule has 1 atom stereocenters. The quantitative estimate of drug-likeness (QED) is 0.877. The van der Waals surface area contributed by atoms with E-state index in [1.54, 1.807) is 13.1 Å². The molecule has 0 bridgehead atoms. The van der Waals surface area contributed by atoms with Crippen LogP contribution in [-0.2, 0) is 11.2 Å². The lowest BCUT2D eigenvalue weighted by Crippen LogP contribution is -2.10. The van der Waals surface area contributed by atoms with Crippen LogP contribution in [0.15, 0.2) is 36.5 Å². The Balaban J connectivity index is 2.21. The fraction of sp³-hybridized carbons (Fsp3) is 0.286. The molecule has 1 aromatic carbocycles. The van der Waals surface area contributed by atoms with Crippen molar-refractivity contribution in [2.24, 2.45) is 5.92 Å². The number of aromatic nitrogens is 1. The van der Waals surface area contributed by atoms with Crippen LogP contribution in [0, 0.1) is 5.92 Å². The lowest BCUT2D eigenvalue weighted by atomic mass is 9.99. The summed E-state index contributed by atoms with van der Waals surface area (Å²) in [5.41, 5.74) is 2.14. The second kappa shape index (κ2) is 4.95. The fourth-order valence-corrected chi connectivity index (χ4v) is 1.87. The van der Waals surface area contributed by atoms with Crippen LogP contribution in [0.1, 0.15) is 18.9 Å². The third kappa shape index (κ3) is 2.61. The molecule has 0 amide bonds. The van der Waals surface area contributed by atoms with Crippen molar-refractivity contribution < 1.29 is 9.90 Å². The summed E-state index contributed by atoms with van der Waals surface area (Å²) in [4.78, 5) is 15.1. The van der Waals surface area contributed by atoms with Gasteiger partial charge in [0, 0.05) is 11.6 Å². The zero-order valence-electron chi connectivity index (χ0n) is 9.76. The third-order valence-corrected chi connectivity index (χ3v) is 3.01. The first kappa shape index (κ1) is 11.6. The number of hydrogen-bond donors (Lipinski definition) is 1. The first-order valence-electron chi connectivity index (χ1n) is 5.74. The van der Waals surface area contributed by atoms with Crippen LogP contribution in [0.2, 0.25) is 0 Å². The highest BCUT2D eigenvalue weighted by Gasteiger charge is 2.11. The normalized spacial score (nSPS) is 12.5. The predicted molar refractivity (Wildman–Crippen MR) is 66.9 cm³/mol. The Bertz CT molecular complexity index is 531. The SMILES string of the molecule is CC(CCc1ccnc2ccccc12)C(=O)O. The van der Waals surface area contributed by atoms with Crippen molar-refractivity contribution in [3.05, 3.63) is 42.1 Å². The molecule has 1 heterocycles. The van der Waals surface area contributed by atoms with Crippen LogP contribution in [0.25, 0.3) is 10.9 Å². The van der Waals surface area contributed by atoms with E-state index < -0.39 is 5.97 Å². The van der Waals surface area contributed by atoms with Crippen molar-refractivity contribution in [1.29, 1.82) is 0 Å². The van der Waals surface area contributed by atoms with E-state index in [4.69, 9.17) is 5.11 Å². The van der Waals surface area contributed by atoms with Crippen LogP contribution >= 0.6 is 0 Å². The molecule has 3 heteroatoms.